The van der Waals surface area contributed by atoms with Crippen molar-refractivity contribution in [2.75, 3.05) is 5.32 Å². The van der Waals surface area contributed by atoms with E-state index in [4.69, 9.17) is 0 Å². The molecule has 0 spiro atoms. The van der Waals surface area contributed by atoms with E-state index < -0.39 is 5.95 Å². The van der Waals surface area contributed by atoms with E-state index in [9.17, 15) is 4.39 Å². The number of pyridine rings is 3. The van der Waals surface area contributed by atoms with Gasteiger partial charge in [-0.25, -0.2) is 9.97 Å². The van der Waals surface area contributed by atoms with Gasteiger partial charge in [-0.05, 0) is 24.3 Å². The highest BCUT2D eigenvalue weighted by Crippen LogP contribution is 2.27. The smallest absolute Gasteiger partial charge is 0.214 e. The van der Waals surface area contributed by atoms with E-state index in [-0.39, 0.29) is 0 Å². The standard InChI is InChI=1S/C16H12FN5/c1-22-13-5-6-18-9-12(13)11-2-3-15(21-16(11)22)20-10-4-7-19-14(17)8-10/h2-9H,1H3,(H,19,20,21). The predicted molar refractivity (Wildman–Crippen MR) is 83.5 cm³/mol. The first-order valence-electron chi connectivity index (χ1n) is 6.80. The van der Waals surface area contributed by atoms with Crippen LogP contribution < -0.4 is 5.32 Å². The van der Waals surface area contributed by atoms with Crippen molar-refractivity contribution in [1.82, 2.24) is 19.5 Å². The molecule has 0 amide bonds. The Morgan fingerprint density at radius 3 is 2.86 bits per heavy atom. The summed E-state index contributed by atoms with van der Waals surface area (Å²) >= 11 is 0. The Labute approximate surface area is 125 Å². The van der Waals surface area contributed by atoms with E-state index in [2.05, 4.69) is 20.3 Å². The summed E-state index contributed by atoms with van der Waals surface area (Å²) in [6.07, 6.45) is 5.02. The number of hydrogen-bond acceptors (Lipinski definition) is 4. The summed E-state index contributed by atoms with van der Waals surface area (Å²) in [5.74, 6) is 0.124. The molecule has 108 valence electrons. The Hall–Kier alpha value is -3.02. The Morgan fingerprint density at radius 1 is 1.09 bits per heavy atom. The molecule has 0 radical (unpaired) electrons. The maximum atomic E-state index is 13.1. The van der Waals surface area contributed by atoms with Crippen molar-refractivity contribution in [3.8, 4) is 0 Å². The average molecular weight is 293 g/mol. The third-order valence-electron chi connectivity index (χ3n) is 3.64. The topological polar surface area (TPSA) is 55.6 Å². The number of anilines is 2. The molecule has 0 aromatic carbocycles. The molecule has 4 aromatic heterocycles. The van der Waals surface area contributed by atoms with Crippen molar-refractivity contribution in [3.63, 3.8) is 0 Å². The zero-order valence-corrected chi connectivity index (χ0v) is 11.8. The molecule has 0 aliphatic rings. The SMILES string of the molecule is Cn1c2ccncc2c2ccc(Nc3ccnc(F)c3)nc21. The molecule has 0 unspecified atom stereocenters. The van der Waals surface area contributed by atoms with Gasteiger partial charge in [-0.15, -0.1) is 0 Å². The van der Waals surface area contributed by atoms with E-state index in [0.29, 0.717) is 11.5 Å². The van der Waals surface area contributed by atoms with Crippen LogP contribution in [0, 0.1) is 5.95 Å². The third kappa shape index (κ3) is 1.96. The van der Waals surface area contributed by atoms with Gasteiger partial charge in [-0.1, -0.05) is 0 Å². The van der Waals surface area contributed by atoms with Gasteiger partial charge in [0.2, 0.25) is 5.95 Å². The highest BCUT2D eigenvalue weighted by Gasteiger charge is 2.10. The van der Waals surface area contributed by atoms with Crippen molar-refractivity contribution in [2.24, 2.45) is 7.05 Å². The Kier molecular flexibility index (Phi) is 2.75. The van der Waals surface area contributed by atoms with Crippen LogP contribution in [0.4, 0.5) is 15.9 Å². The zero-order chi connectivity index (χ0) is 15.1. The molecular weight excluding hydrogens is 281 g/mol. The molecule has 0 aliphatic carbocycles. The lowest BCUT2D eigenvalue weighted by molar-refractivity contribution is 0.584. The van der Waals surface area contributed by atoms with E-state index in [0.717, 1.165) is 21.9 Å². The lowest BCUT2D eigenvalue weighted by atomic mass is 10.2. The second kappa shape index (κ2) is 4.77. The van der Waals surface area contributed by atoms with Crippen molar-refractivity contribution >= 4 is 33.4 Å². The summed E-state index contributed by atoms with van der Waals surface area (Å²) in [5, 5.41) is 5.19. The summed E-state index contributed by atoms with van der Waals surface area (Å²) in [5.41, 5.74) is 2.53. The molecule has 0 atom stereocenters. The van der Waals surface area contributed by atoms with Crippen LogP contribution in [0.1, 0.15) is 0 Å². The monoisotopic (exact) mass is 293 g/mol. The summed E-state index contributed by atoms with van der Waals surface area (Å²) in [6, 6.07) is 8.85. The quantitative estimate of drug-likeness (QED) is 0.575. The number of nitrogens with zero attached hydrogens (tertiary/aromatic N) is 4. The second-order valence-electron chi connectivity index (χ2n) is 5.01. The number of aryl methyl sites for hydroxylation is 1. The fraction of sp³-hybridized carbons (Fsp3) is 0.0625. The third-order valence-corrected chi connectivity index (χ3v) is 3.64. The van der Waals surface area contributed by atoms with Gasteiger partial charge in [0.1, 0.15) is 11.5 Å². The fourth-order valence-corrected chi connectivity index (χ4v) is 2.61. The van der Waals surface area contributed by atoms with Gasteiger partial charge in [0.15, 0.2) is 0 Å². The molecule has 4 heterocycles. The lowest BCUT2D eigenvalue weighted by Gasteiger charge is -2.06. The van der Waals surface area contributed by atoms with Crippen LogP contribution in [0.5, 0.6) is 0 Å². The summed E-state index contributed by atoms with van der Waals surface area (Å²) in [6.45, 7) is 0. The minimum atomic E-state index is -0.526. The van der Waals surface area contributed by atoms with Gasteiger partial charge >= 0.3 is 0 Å². The highest BCUT2D eigenvalue weighted by molar-refractivity contribution is 6.06. The van der Waals surface area contributed by atoms with Crippen molar-refractivity contribution in [3.05, 3.63) is 54.9 Å². The van der Waals surface area contributed by atoms with Gasteiger partial charge in [-0.2, -0.15) is 4.39 Å². The molecule has 4 rings (SSSR count). The summed E-state index contributed by atoms with van der Waals surface area (Å²) in [7, 11) is 1.97. The molecule has 0 aliphatic heterocycles. The summed E-state index contributed by atoms with van der Waals surface area (Å²) in [4.78, 5) is 12.3. The van der Waals surface area contributed by atoms with Gasteiger partial charge < -0.3 is 9.88 Å². The molecule has 5 nitrogen and oxygen atoms in total. The molecule has 6 heteroatoms. The van der Waals surface area contributed by atoms with Crippen LogP contribution in [0.25, 0.3) is 21.9 Å². The minimum absolute atomic E-state index is 0.526. The number of halogens is 1. The molecule has 0 saturated carbocycles. The lowest BCUT2D eigenvalue weighted by Crippen LogP contribution is -1.97. The minimum Gasteiger partial charge on any atom is -0.340 e. The molecule has 0 bridgehead atoms. The highest BCUT2D eigenvalue weighted by atomic mass is 19.1. The van der Waals surface area contributed by atoms with E-state index >= 15 is 0 Å². The molecule has 1 N–H and O–H groups in total. The number of rotatable bonds is 2. The van der Waals surface area contributed by atoms with E-state index in [1.54, 1.807) is 12.3 Å². The van der Waals surface area contributed by atoms with Crippen molar-refractivity contribution in [1.29, 1.82) is 0 Å². The maximum absolute atomic E-state index is 13.1. The van der Waals surface area contributed by atoms with Gasteiger partial charge in [-0.3, -0.25) is 4.98 Å². The van der Waals surface area contributed by atoms with Crippen LogP contribution in [-0.2, 0) is 7.05 Å². The van der Waals surface area contributed by atoms with Crippen molar-refractivity contribution in [2.45, 2.75) is 0 Å². The van der Waals surface area contributed by atoms with E-state index in [1.807, 2.05) is 36.0 Å². The molecule has 0 fully saturated rings. The summed E-state index contributed by atoms with van der Waals surface area (Å²) < 4.78 is 15.2. The van der Waals surface area contributed by atoms with E-state index in [1.165, 1.54) is 12.3 Å². The number of nitrogens with one attached hydrogen (secondary N) is 1. The number of hydrogen-bond donors (Lipinski definition) is 1. The molecule has 22 heavy (non-hydrogen) atoms. The zero-order valence-electron chi connectivity index (χ0n) is 11.8. The van der Waals surface area contributed by atoms with Crippen LogP contribution in [-0.4, -0.2) is 19.5 Å². The number of aromatic nitrogens is 4. The van der Waals surface area contributed by atoms with Gasteiger partial charge in [0.05, 0.1) is 5.52 Å². The molecule has 4 aromatic rings. The first-order valence-corrected chi connectivity index (χ1v) is 6.80. The second-order valence-corrected chi connectivity index (χ2v) is 5.01. The first-order chi connectivity index (χ1) is 10.7. The average Bonchev–Trinajstić information content (AvgIpc) is 2.81. The fourth-order valence-electron chi connectivity index (χ4n) is 2.61. The van der Waals surface area contributed by atoms with Crippen LogP contribution >= 0.6 is 0 Å². The Bertz CT molecular complexity index is 992. The van der Waals surface area contributed by atoms with Gasteiger partial charge in [0.25, 0.3) is 0 Å². The van der Waals surface area contributed by atoms with Gasteiger partial charge in [0, 0.05) is 48.2 Å². The van der Waals surface area contributed by atoms with Crippen LogP contribution in [0.15, 0.2) is 48.9 Å². The van der Waals surface area contributed by atoms with Crippen molar-refractivity contribution < 1.29 is 4.39 Å². The maximum Gasteiger partial charge on any atom is 0.214 e. The first kappa shape index (κ1) is 12.7. The predicted octanol–water partition coefficient (Wildman–Crippen LogP) is 3.40. The normalized spacial score (nSPS) is 11.2. The van der Waals surface area contributed by atoms with Crippen LogP contribution in [0.2, 0.25) is 0 Å². The van der Waals surface area contributed by atoms with Crippen LogP contribution in [0.3, 0.4) is 0 Å². The largest absolute Gasteiger partial charge is 0.340 e. The Balaban J connectivity index is 1.84. The number of fused-ring (bicyclic) bond motifs is 3. The molecule has 0 saturated heterocycles. The molecular formula is C16H12FN5. The Morgan fingerprint density at radius 2 is 2.00 bits per heavy atom.